The van der Waals surface area contributed by atoms with Gasteiger partial charge in [-0.2, -0.15) is 0 Å². The molecule has 4 rings (SSSR count). The predicted octanol–water partition coefficient (Wildman–Crippen LogP) is 5.52. The van der Waals surface area contributed by atoms with Crippen LogP contribution in [0.1, 0.15) is 16.2 Å². The SMILES string of the molecule is COc1ccc(-n2c(CNc3cccc(Cl)c3)nnc2SCC(=O)c2ccccc2)cc1. The number of ether oxygens (including phenoxy) is 1. The van der Waals surface area contributed by atoms with Gasteiger partial charge < -0.3 is 10.1 Å². The van der Waals surface area contributed by atoms with Crippen molar-refractivity contribution in [2.24, 2.45) is 0 Å². The summed E-state index contributed by atoms with van der Waals surface area (Å²) in [7, 11) is 1.63. The second-order valence-corrected chi connectivity index (χ2v) is 8.25. The maximum atomic E-state index is 12.6. The van der Waals surface area contributed by atoms with Crippen LogP contribution in [-0.4, -0.2) is 33.4 Å². The van der Waals surface area contributed by atoms with Crippen LogP contribution in [0, 0.1) is 0 Å². The molecule has 3 aromatic carbocycles. The predicted molar refractivity (Wildman–Crippen MR) is 128 cm³/mol. The number of ketones is 1. The second-order valence-electron chi connectivity index (χ2n) is 6.87. The molecule has 1 aromatic heterocycles. The van der Waals surface area contributed by atoms with Crippen molar-refractivity contribution >= 4 is 34.8 Å². The van der Waals surface area contributed by atoms with Crippen molar-refractivity contribution in [3.63, 3.8) is 0 Å². The van der Waals surface area contributed by atoms with E-state index in [1.165, 1.54) is 11.8 Å². The summed E-state index contributed by atoms with van der Waals surface area (Å²) in [6, 6.07) is 24.4. The van der Waals surface area contributed by atoms with Gasteiger partial charge in [0.25, 0.3) is 0 Å². The molecule has 0 saturated heterocycles. The maximum Gasteiger partial charge on any atom is 0.196 e. The second kappa shape index (κ2) is 10.3. The Hall–Kier alpha value is -3.29. The fourth-order valence-electron chi connectivity index (χ4n) is 3.12. The molecule has 32 heavy (non-hydrogen) atoms. The first kappa shape index (κ1) is 21.9. The van der Waals surface area contributed by atoms with Gasteiger partial charge in [-0.3, -0.25) is 9.36 Å². The van der Waals surface area contributed by atoms with Gasteiger partial charge in [0.05, 0.1) is 19.4 Å². The van der Waals surface area contributed by atoms with Gasteiger partial charge in [0.2, 0.25) is 0 Å². The number of aromatic nitrogens is 3. The molecule has 8 heteroatoms. The number of thioether (sulfide) groups is 1. The third-order valence-electron chi connectivity index (χ3n) is 4.73. The lowest BCUT2D eigenvalue weighted by molar-refractivity contribution is 0.102. The van der Waals surface area contributed by atoms with Gasteiger partial charge in [-0.25, -0.2) is 0 Å². The van der Waals surface area contributed by atoms with E-state index in [1.807, 2.05) is 83.4 Å². The highest BCUT2D eigenvalue weighted by Gasteiger charge is 2.16. The Morgan fingerprint density at radius 2 is 1.81 bits per heavy atom. The van der Waals surface area contributed by atoms with E-state index in [2.05, 4.69) is 15.5 Å². The molecule has 0 amide bonds. The summed E-state index contributed by atoms with van der Waals surface area (Å²) >= 11 is 7.45. The van der Waals surface area contributed by atoms with E-state index in [0.29, 0.717) is 28.1 Å². The molecule has 0 atom stereocenters. The number of hydrogen-bond donors (Lipinski definition) is 1. The minimum Gasteiger partial charge on any atom is -0.497 e. The van der Waals surface area contributed by atoms with Crippen LogP contribution in [0.2, 0.25) is 5.02 Å². The standard InChI is InChI=1S/C24H21ClN4O2S/c1-31-21-12-10-20(11-13-21)29-23(15-26-19-9-5-8-18(25)14-19)27-28-24(29)32-16-22(30)17-6-3-2-4-7-17/h2-14,26H,15-16H2,1H3. The van der Waals surface area contributed by atoms with E-state index in [1.54, 1.807) is 7.11 Å². The van der Waals surface area contributed by atoms with Crippen molar-refractivity contribution in [1.82, 2.24) is 14.8 Å². The van der Waals surface area contributed by atoms with Crippen LogP contribution < -0.4 is 10.1 Å². The molecule has 0 unspecified atom stereocenters. The van der Waals surface area contributed by atoms with E-state index in [0.717, 1.165) is 17.1 Å². The van der Waals surface area contributed by atoms with Gasteiger partial charge in [-0.05, 0) is 42.5 Å². The normalized spacial score (nSPS) is 10.7. The topological polar surface area (TPSA) is 69.0 Å². The number of benzene rings is 3. The van der Waals surface area contributed by atoms with Crippen molar-refractivity contribution in [3.8, 4) is 11.4 Å². The molecule has 6 nitrogen and oxygen atoms in total. The lowest BCUT2D eigenvalue weighted by atomic mass is 10.2. The first-order valence-corrected chi connectivity index (χ1v) is 11.3. The zero-order valence-electron chi connectivity index (χ0n) is 17.4. The van der Waals surface area contributed by atoms with Gasteiger partial charge in [0.15, 0.2) is 16.8 Å². The molecule has 162 valence electrons. The number of nitrogens with one attached hydrogen (secondary N) is 1. The molecule has 4 aromatic rings. The summed E-state index contributed by atoms with van der Waals surface area (Å²) in [6.07, 6.45) is 0. The number of anilines is 1. The van der Waals surface area contributed by atoms with E-state index in [4.69, 9.17) is 16.3 Å². The van der Waals surface area contributed by atoms with Crippen LogP contribution in [0.15, 0.2) is 84.0 Å². The van der Waals surface area contributed by atoms with Gasteiger partial charge in [0.1, 0.15) is 5.75 Å². The first-order valence-electron chi connectivity index (χ1n) is 9.93. The number of rotatable bonds is 9. The fraction of sp³-hybridized carbons (Fsp3) is 0.125. The number of methoxy groups -OCH3 is 1. The Bertz CT molecular complexity index is 1200. The number of carbonyl (C=O) groups is 1. The molecule has 0 aliphatic heterocycles. The lowest BCUT2D eigenvalue weighted by Crippen LogP contribution is -2.09. The maximum absolute atomic E-state index is 12.6. The number of hydrogen-bond acceptors (Lipinski definition) is 6. The highest BCUT2D eigenvalue weighted by Crippen LogP contribution is 2.25. The molecule has 0 radical (unpaired) electrons. The minimum atomic E-state index is 0.0403. The molecule has 1 heterocycles. The van der Waals surface area contributed by atoms with Crippen LogP contribution in [0.3, 0.4) is 0 Å². The van der Waals surface area contributed by atoms with E-state index >= 15 is 0 Å². The van der Waals surface area contributed by atoms with Crippen molar-refractivity contribution in [2.75, 3.05) is 18.2 Å². The van der Waals surface area contributed by atoms with Crippen LogP contribution in [0.4, 0.5) is 5.69 Å². The monoisotopic (exact) mass is 464 g/mol. The summed E-state index contributed by atoms with van der Waals surface area (Å²) in [4.78, 5) is 12.6. The van der Waals surface area contributed by atoms with Gasteiger partial charge in [-0.1, -0.05) is 59.8 Å². The molecular formula is C24H21ClN4O2S. The summed E-state index contributed by atoms with van der Waals surface area (Å²) in [5.41, 5.74) is 2.45. The van der Waals surface area contributed by atoms with Crippen molar-refractivity contribution in [1.29, 1.82) is 0 Å². The van der Waals surface area contributed by atoms with E-state index < -0.39 is 0 Å². The molecular weight excluding hydrogens is 444 g/mol. The van der Waals surface area contributed by atoms with Crippen LogP contribution >= 0.6 is 23.4 Å². The average molecular weight is 465 g/mol. The zero-order chi connectivity index (χ0) is 22.3. The largest absolute Gasteiger partial charge is 0.497 e. The third kappa shape index (κ3) is 5.30. The quantitative estimate of drug-likeness (QED) is 0.260. The van der Waals surface area contributed by atoms with E-state index in [9.17, 15) is 4.79 Å². The molecule has 0 aliphatic carbocycles. The average Bonchev–Trinajstić information content (AvgIpc) is 3.24. The summed E-state index contributed by atoms with van der Waals surface area (Å²) in [6.45, 7) is 0.437. The Morgan fingerprint density at radius 1 is 1.03 bits per heavy atom. The van der Waals surface area contributed by atoms with E-state index in [-0.39, 0.29) is 11.5 Å². The Kier molecular flexibility index (Phi) is 7.09. The van der Waals surface area contributed by atoms with Crippen LogP contribution in [-0.2, 0) is 6.54 Å². The number of carbonyl (C=O) groups excluding carboxylic acids is 1. The minimum absolute atomic E-state index is 0.0403. The molecule has 1 N–H and O–H groups in total. The Balaban J connectivity index is 1.58. The Morgan fingerprint density at radius 3 is 2.53 bits per heavy atom. The smallest absolute Gasteiger partial charge is 0.196 e. The lowest BCUT2D eigenvalue weighted by Gasteiger charge is -2.12. The van der Waals surface area contributed by atoms with Gasteiger partial charge in [0, 0.05) is 22.0 Å². The zero-order valence-corrected chi connectivity index (χ0v) is 18.9. The van der Waals surface area contributed by atoms with Crippen molar-refractivity contribution < 1.29 is 9.53 Å². The molecule has 0 saturated carbocycles. The summed E-state index contributed by atoms with van der Waals surface area (Å²) < 4.78 is 7.22. The van der Waals surface area contributed by atoms with Crippen molar-refractivity contribution in [2.45, 2.75) is 11.7 Å². The van der Waals surface area contributed by atoms with Crippen molar-refractivity contribution in [3.05, 3.63) is 95.3 Å². The van der Waals surface area contributed by atoms with Crippen LogP contribution in [0.5, 0.6) is 5.75 Å². The number of Topliss-reactive ketones (excluding diaryl/α,β-unsaturated/α-hetero) is 1. The highest BCUT2D eigenvalue weighted by atomic mass is 35.5. The molecule has 0 fully saturated rings. The fourth-order valence-corrected chi connectivity index (χ4v) is 4.17. The van der Waals surface area contributed by atoms with Crippen LogP contribution in [0.25, 0.3) is 5.69 Å². The van der Waals surface area contributed by atoms with Gasteiger partial charge >= 0.3 is 0 Å². The molecule has 0 spiro atoms. The molecule has 0 bridgehead atoms. The van der Waals surface area contributed by atoms with Gasteiger partial charge in [-0.15, -0.1) is 10.2 Å². The number of nitrogens with zero attached hydrogens (tertiary/aromatic N) is 3. The highest BCUT2D eigenvalue weighted by molar-refractivity contribution is 7.99. The first-order chi connectivity index (χ1) is 15.6. The third-order valence-corrected chi connectivity index (χ3v) is 5.90. The summed E-state index contributed by atoms with van der Waals surface area (Å²) in [5.74, 6) is 1.78. The summed E-state index contributed by atoms with van der Waals surface area (Å²) in [5, 5.41) is 13.4. The molecule has 0 aliphatic rings. The number of halogens is 1. The Labute approximate surface area is 195 Å².